The van der Waals surface area contributed by atoms with Crippen LogP contribution in [0.3, 0.4) is 0 Å². The molecule has 1 unspecified atom stereocenters. The van der Waals surface area contributed by atoms with Gasteiger partial charge in [0.05, 0.1) is 5.66 Å². The molecule has 0 rings (SSSR count). The van der Waals surface area contributed by atoms with Crippen LogP contribution >= 0.6 is 7.60 Å². The molecule has 0 aromatic carbocycles. The van der Waals surface area contributed by atoms with E-state index in [-0.39, 0.29) is 0 Å². The van der Waals surface area contributed by atoms with Crippen LogP contribution in [0.5, 0.6) is 0 Å². The van der Waals surface area contributed by atoms with Gasteiger partial charge in [-0.25, -0.2) is 0 Å². The van der Waals surface area contributed by atoms with Crippen molar-refractivity contribution in [2.24, 2.45) is 0 Å². The average molecular weight is 874 g/mol. The largest absolute Gasteiger partial charge is 0.328 e. The lowest BCUT2D eigenvalue weighted by Crippen LogP contribution is -2.16. The van der Waals surface area contributed by atoms with Gasteiger partial charge in [-0.15, -0.1) is 0 Å². The van der Waals surface area contributed by atoms with Crippen LogP contribution in [-0.4, -0.2) is 41.6 Å². The summed E-state index contributed by atoms with van der Waals surface area (Å²) in [4.78, 5) is 18.4. The second kappa shape index (κ2) is 59.1. The van der Waals surface area contributed by atoms with Crippen molar-refractivity contribution in [1.82, 2.24) is 10.6 Å². The summed E-state index contributed by atoms with van der Waals surface area (Å²) < 4.78 is 11.2. The van der Waals surface area contributed by atoms with Crippen LogP contribution in [0.25, 0.3) is 0 Å². The van der Waals surface area contributed by atoms with Crippen molar-refractivity contribution < 1.29 is 14.4 Å². The van der Waals surface area contributed by atoms with Crippen molar-refractivity contribution in [1.29, 1.82) is 0 Å². The van der Waals surface area contributed by atoms with E-state index in [1.807, 2.05) is 6.92 Å². The predicted octanol–water partition coefficient (Wildman–Crippen LogP) is 18.6. The Morgan fingerprint density at radius 2 is 0.500 bits per heavy atom. The van der Waals surface area contributed by atoms with Crippen LogP contribution in [0.2, 0.25) is 0 Å². The standard InChI is InChI=1S/2C18H39N.C18H39O3P/c2*1-3-5-7-8-9-10-11-12-13-14-15-16-18-19-17-6-4-2;1-3-5-6-7-8-9-10-11-12-13-14-15-16-17-18(4-2)22(19,20)21/h2*19H,3-18H2,1-2H3;18H,3-17H2,1-2H3,(H2,19,20,21). The zero-order chi connectivity index (χ0) is 44.7. The molecule has 1 atom stereocenters. The molecule has 4 N–H and O–H groups in total. The van der Waals surface area contributed by atoms with E-state index in [2.05, 4.69) is 45.3 Å². The fourth-order valence-corrected chi connectivity index (χ4v) is 9.04. The Kier molecular flexibility index (Phi) is 63.4. The molecule has 0 amide bonds. The van der Waals surface area contributed by atoms with Gasteiger partial charge in [0.15, 0.2) is 0 Å². The molecule has 0 aliphatic rings. The maximum atomic E-state index is 11.2. The zero-order valence-corrected chi connectivity index (χ0v) is 43.5. The molecule has 366 valence electrons. The van der Waals surface area contributed by atoms with E-state index in [0.29, 0.717) is 12.8 Å². The molecule has 0 bridgehead atoms. The Morgan fingerprint density at radius 3 is 0.717 bits per heavy atom. The first-order valence-electron chi connectivity index (χ1n) is 27.8. The molecule has 0 saturated carbocycles. The molecular weight excluding hydrogens is 756 g/mol. The van der Waals surface area contributed by atoms with Crippen LogP contribution in [0.4, 0.5) is 0 Å². The lowest BCUT2D eigenvalue weighted by Gasteiger charge is -2.15. The van der Waals surface area contributed by atoms with Crippen LogP contribution in [0.15, 0.2) is 0 Å². The quantitative estimate of drug-likeness (QED) is 0.0362. The average Bonchev–Trinajstić information content (AvgIpc) is 3.24. The van der Waals surface area contributed by atoms with Crippen LogP contribution < -0.4 is 10.6 Å². The Balaban J connectivity index is -0.000000815. The Hall–Kier alpha value is 0.0700. The molecule has 0 aliphatic heterocycles. The van der Waals surface area contributed by atoms with E-state index >= 15 is 0 Å². The normalized spacial score (nSPS) is 11.9. The summed E-state index contributed by atoms with van der Waals surface area (Å²) in [5, 5.41) is 7.04. The predicted molar refractivity (Wildman–Crippen MR) is 274 cm³/mol. The monoisotopic (exact) mass is 873 g/mol. The van der Waals surface area contributed by atoms with E-state index in [9.17, 15) is 14.4 Å². The van der Waals surface area contributed by atoms with Crippen molar-refractivity contribution in [3.8, 4) is 0 Å². The summed E-state index contributed by atoms with van der Waals surface area (Å²) in [6, 6.07) is 0. The van der Waals surface area contributed by atoms with Gasteiger partial charge in [0.2, 0.25) is 0 Å². The van der Waals surface area contributed by atoms with Gasteiger partial charge in [0.1, 0.15) is 0 Å². The van der Waals surface area contributed by atoms with Gasteiger partial charge in [-0.05, 0) is 64.7 Å². The first kappa shape index (κ1) is 64.4. The van der Waals surface area contributed by atoms with E-state index < -0.39 is 13.3 Å². The van der Waals surface area contributed by atoms with E-state index in [4.69, 9.17) is 0 Å². The minimum Gasteiger partial charge on any atom is -0.324 e. The van der Waals surface area contributed by atoms with Crippen molar-refractivity contribution in [3.05, 3.63) is 0 Å². The third kappa shape index (κ3) is 62.4. The molecule has 0 aliphatic carbocycles. The summed E-state index contributed by atoms with van der Waals surface area (Å²) in [6.07, 6.45) is 58.2. The molecule has 0 aromatic rings. The summed E-state index contributed by atoms with van der Waals surface area (Å²) in [5.41, 5.74) is -0.416. The van der Waals surface area contributed by atoms with Gasteiger partial charge in [0.25, 0.3) is 0 Å². The summed E-state index contributed by atoms with van der Waals surface area (Å²) in [5.74, 6) is 0. The zero-order valence-electron chi connectivity index (χ0n) is 42.6. The highest BCUT2D eigenvalue weighted by molar-refractivity contribution is 7.52. The second-order valence-corrected chi connectivity index (χ2v) is 20.6. The third-order valence-corrected chi connectivity index (χ3v) is 14.0. The minimum absolute atomic E-state index is 0.416. The van der Waals surface area contributed by atoms with E-state index in [1.165, 1.54) is 277 Å². The molecule has 6 heteroatoms. The highest BCUT2D eigenvalue weighted by atomic mass is 31.2. The molecule has 5 nitrogen and oxygen atoms in total. The number of nitrogens with one attached hydrogen (secondary N) is 2. The van der Waals surface area contributed by atoms with Crippen molar-refractivity contribution >= 4 is 7.60 Å². The first-order valence-corrected chi connectivity index (χ1v) is 29.5. The van der Waals surface area contributed by atoms with Gasteiger partial charge < -0.3 is 20.4 Å². The lowest BCUT2D eigenvalue weighted by atomic mass is 10.0. The Morgan fingerprint density at radius 1 is 0.300 bits per heavy atom. The van der Waals surface area contributed by atoms with Gasteiger partial charge in [-0.2, -0.15) is 0 Å². The van der Waals surface area contributed by atoms with Gasteiger partial charge in [0, 0.05) is 0 Å². The molecule has 0 heterocycles. The molecule has 0 aromatic heterocycles. The Bertz CT molecular complexity index is 697. The maximum Gasteiger partial charge on any atom is 0.328 e. The highest BCUT2D eigenvalue weighted by Gasteiger charge is 2.25. The smallest absolute Gasteiger partial charge is 0.324 e. The molecule has 0 fully saturated rings. The van der Waals surface area contributed by atoms with Gasteiger partial charge in [-0.1, -0.05) is 279 Å². The van der Waals surface area contributed by atoms with Crippen LogP contribution in [-0.2, 0) is 4.57 Å². The molecule has 0 spiro atoms. The van der Waals surface area contributed by atoms with E-state index in [1.54, 1.807) is 0 Å². The van der Waals surface area contributed by atoms with Crippen molar-refractivity contribution in [3.63, 3.8) is 0 Å². The second-order valence-electron chi connectivity index (χ2n) is 18.7. The number of rotatable bonds is 48. The van der Waals surface area contributed by atoms with Crippen LogP contribution in [0.1, 0.15) is 318 Å². The lowest BCUT2D eigenvalue weighted by molar-refractivity contribution is 0.350. The number of hydrogen-bond donors (Lipinski definition) is 4. The molecular formula is C54H117N2O3P. The third-order valence-electron chi connectivity index (χ3n) is 12.4. The summed E-state index contributed by atoms with van der Waals surface area (Å²) in [6.45, 7) is 18.1. The van der Waals surface area contributed by atoms with Crippen molar-refractivity contribution in [2.75, 3.05) is 26.2 Å². The maximum absolute atomic E-state index is 11.2. The minimum atomic E-state index is -3.86. The number of unbranched alkanes of at least 4 members (excludes halogenated alkanes) is 36. The molecule has 0 radical (unpaired) electrons. The SMILES string of the molecule is CCCCCCCCCCCCCCCC(CC)P(=O)(O)O.CCCCCCCCCCCCCCNCCCC.CCCCCCCCCCCCCCNCCCC. The Labute approximate surface area is 380 Å². The summed E-state index contributed by atoms with van der Waals surface area (Å²) in [7, 11) is -3.86. The highest BCUT2D eigenvalue weighted by Crippen LogP contribution is 2.45. The first-order chi connectivity index (χ1) is 29.3. The fourth-order valence-electron chi connectivity index (χ4n) is 8.04. The molecule has 0 saturated heterocycles. The topological polar surface area (TPSA) is 81.6 Å². The number of hydrogen-bond acceptors (Lipinski definition) is 3. The van der Waals surface area contributed by atoms with E-state index in [0.717, 1.165) is 12.8 Å². The van der Waals surface area contributed by atoms with Gasteiger partial charge in [-0.3, -0.25) is 4.57 Å². The summed E-state index contributed by atoms with van der Waals surface area (Å²) >= 11 is 0. The van der Waals surface area contributed by atoms with Crippen LogP contribution in [0, 0.1) is 0 Å². The fraction of sp³-hybridized carbons (Fsp3) is 1.00. The van der Waals surface area contributed by atoms with Gasteiger partial charge >= 0.3 is 7.60 Å². The molecule has 60 heavy (non-hydrogen) atoms. The van der Waals surface area contributed by atoms with Crippen molar-refractivity contribution in [2.45, 2.75) is 323 Å².